The number of nitrogens with zero attached hydrogens (tertiary/aromatic N) is 2. The number of fused-ring (bicyclic) bond motifs is 2. The van der Waals surface area contributed by atoms with Crippen molar-refractivity contribution in [1.82, 2.24) is 9.88 Å². The predicted molar refractivity (Wildman–Crippen MR) is 132 cm³/mol. The van der Waals surface area contributed by atoms with Crippen LogP contribution in [0.25, 0.3) is 21.8 Å². The zero-order valence-electron chi connectivity index (χ0n) is 18.2. The Balaban J connectivity index is 0.00000225. The van der Waals surface area contributed by atoms with Crippen LogP contribution in [-0.2, 0) is 0 Å². The van der Waals surface area contributed by atoms with Gasteiger partial charge >= 0.3 is 0 Å². The van der Waals surface area contributed by atoms with Crippen LogP contribution in [-0.4, -0.2) is 48.1 Å². The number of hydrogen-bond acceptors (Lipinski definition) is 4. The molecule has 166 valence electrons. The van der Waals surface area contributed by atoms with Gasteiger partial charge in [-0.3, -0.25) is 0 Å². The van der Waals surface area contributed by atoms with Crippen molar-refractivity contribution in [3.05, 3.63) is 41.4 Å². The lowest BCUT2D eigenvalue weighted by Crippen LogP contribution is -2.25. The Morgan fingerprint density at radius 3 is 2.47 bits per heavy atom. The first-order valence-corrected chi connectivity index (χ1v) is 10.5. The summed E-state index contributed by atoms with van der Waals surface area (Å²) < 4.78 is 5.45. The van der Waals surface area contributed by atoms with E-state index in [1.54, 1.807) is 7.11 Å². The number of pyridine rings is 1. The number of nitrogens with one attached hydrogen (secondary N) is 1. The molecular weight excluding hydrogens is 421 g/mol. The zero-order valence-corrected chi connectivity index (χ0v) is 19.7. The van der Waals surface area contributed by atoms with Gasteiger partial charge in [0.1, 0.15) is 5.75 Å². The lowest BCUT2D eigenvalue weighted by molar-refractivity contribution is 0.295. The van der Waals surface area contributed by atoms with Crippen LogP contribution in [0.4, 0.5) is 5.69 Å². The fourth-order valence-electron chi connectivity index (χ4n) is 3.66. The molecule has 0 aliphatic carbocycles. The summed E-state index contributed by atoms with van der Waals surface area (Å²) in [7, 11) is 1.69. The van der Waals surface area contributed by atoms with Crippen molar-refractivity contribution in [2.75, 3.05) is 32.1 Å². The minimum atomic E-state index is 0. The Labute approximate surface area is 190 Å². The molecule has 30 heavy (non-hydrogen) atoms. The van der Waals surface area contributed by atoms with Crippen molar-refractivity contribution in [2.24, 2.45) is 0 Å². The standard InChI is InChI=1S/C23H30ClN3O.ClH.H2O/c1-5-27(6-2)13-7-8-16(3)25-23-19-11-9-17(24)14-22(19)26-21-12-10-18(28-4)15-20(21)23;;/h9-12,14-16H,5-8,13H2,1-4H3,(H,25,26);1H;1H2. The monoisotopic (exact) mass is 453 g/mol. The summed E-state index contributed by atoms with van der Waals surface area (Å²) in [5.41, 5.74) is 2.95. The second kappa shape index (κ2) is 12.2. The molecule has 3 aromatic rings. The number of rotatable bonds is 9. The molecule has 7 heteroatoms. The number of aromatic nitrogens is 1. The second-order valence-electron chi connectivity index (χ2n) is 7.25. The normalized spacial score (nSPS) is 11.8. The molecule has 0 aliphatic rings. The van der Waals surface area contributed by atoms with E-state index >= 15 is 0 Å². The summed E-state index contributed by atoms with van der Waals surface area (Å²) >= 11 is 6.22. The Morgan fingerprint density at radius 1 is 1.07 bits per heavy atom. The molecule has 1 aromatic heterocycles. The molecule has 2 aromatic carbocycles. The van der Waals surface area contributed by atoms with Gasteiger partial charge in [-0.1, -0.05) is 25.4 Å². The van der Waals surface area contributed by atoms with Gasteiger partial charge < -0.3 is 20.4 Å². The minimum absolute atomic E-state index is 0. The Hall–Kier alpha value is -1.79. The molecule has 0 radical (unpaired) electrons. The smallest absolute Gasteiger partial charge is 0.119 e. The topological polar surface area (TPSA) is 68.9 Å². The second-order valence-corrected chi connectivity index (χ2v) is 7.68. The average Bonchev–Trinajstić information content (AvgIpc) is 2.70. The van der Waals surface area contributed by atoms with Crippen molar-refractivity contribution in [3.63, 3.8) is 0 Å². The number of anilines is 1. The summed E-state index contributed by atoms with van der Waals surface area (Å²) in [4.78, 5) is 7.27. The fraction of sp³-hybridized carbons (Fsp3) is 0.435. The van der Waals surface area contributed by atoms with Crippen molar-refractivity contribution < 1.29 is 10.2 Å². The van der Waals surface area contributed by atoms with Crippen molar-refractivity contribution in [2.45, 2.75) is 39.7 Å². The minimum Gasteiger partial charge on any atom is -0.497 e. The average molecular weight is 454 g/mol. The SMILES string of the molecule is CCN(CC)CCCC(C)Nc1c2ccc(Cl)cc2nc2ccc(OC)cc12.Cl.O. The van der Waals surface area contributed by atoms with E-state index in [1.165, 1.54) is 6.42 Å². The van der Waals surface area contributed by atoms with Crippen molar-refractivity contribution in [1.29, 1.82) is 0 Å². The van der Waals surface area contributed by atoms with Crippen LogP contribution in [0.2, 0.25) is 5.02 Å². The number of benzene rings is 2. The molecule has 1 unspecified atom stereocenters. The van der Waals surface area contributed by atoms with E-state index in [0.29, 0.717) is 11.1 Å². The van der Waals surface area contributed by atoms with E-state index in [4.69, 9.17) is 21.3 Å². The van der Waals surface area contributed by atoms with Gasteiger partial charge in [-0.15, -0.1) is 12.4 Å². The number of ether oxygens (including phenoxy) is 1. The molecule has 0 spiro atoms. The van der Waals surface area contributed by atoms with E-state index < -0.39 is 0 Å². The molecule has 0 saturated carbocycles. The van der Waals surface area contributed by atoms with E-state index in [1.807, 2.05) is 24.3 Å². The molecule has 0 amide bonds. The number of hydrogen-bond donors (Lipinski definition) is 1. The van der Waals surface area contributed by atoms with Gasteiger partial charge in [0.25, 0.3) is 0 Å². The fourth-order valence-corrected chi connectivity index (χ4v) is 3.82. The van der Waals surface area contributed by atoms with Crippen LogP contribution >= 0.6 is 24.0 Å². The molecule has 0 bridgehead atoms. The van der Waals surface area contributed by atoms with Crippen LogP contribution in [0.15, 0.2) is 36.4 Å². The van der Waals surface area contributed by atoms with Crippen LogP contribution in [0.1, 0.15) is 33.6 Å². The third-order valence-corrected chi connectivity index (χ3v) is 5.57. The first-order chi connectivity index (χ1) is 13.5. The summed E-state index contributed by atoms with van der Waals surface area (Å²) in [6.07, 6.45) is 2.28. The molecule has 0 saturated heterocycles. The lowest BCUT2D eigenvalue weighted by atomic mass is 10.1. The molecule has 0 fully saturated rings. The van der Waals surface area contributed by atoms with Crippen molar-refractivity contribution >= 4 is 51.5 Å². The number of halogens is 2. The van der Waals surface area contributed by atoms with Gasteiger partial charge in [0.05, 0.1) is 23.8 Å². The summed E-state index contributed by atoms with van der Waals surface area (Å²) in [6.45, 7) is 10.0. The molecule has 3 N–H and O–H groups in total. The first-order valence-electron chi connectivity index (χ1n) is 10.1. The predicted octanol–water partition coefficient (Wildman–Crippen LogP) is 5.57. The van der Waals surface area contributed by atoms with Crippen LogP contribution in [0, 0.1) is 0 Å². The quantitative estimate of drug-likeness (QED) is 0.429. The van der Waals surface area contributed by atoms with E-state index in [-0.39, 0.29) is 17.9 Å². The summed E-state index contributed by atoms with van der Waals surface area (Å²) in [5.74, 6) is 0.833. The zero-order chi connectivity index (χ0) is 20.1. The molecule has 5 nitrogen and oxygen atoms in total. The van der Waals surface area contributed by atoms with Gasteiger partial charge in [-0.05, 0) is 75.8 Å². The highest BCUT2D eigenvalue weighted by Gasteiger charge is 2.13. The van der Waals surface area contributed by atoms with Gasteiger partial charge in [0.15, 0.2) is 0 Å². The Kier molecular flexibility index (Phi) is 10.6. The maximum Gasteiger partial charge on any atom is 0.119 e. The maximum atomic E-state index is 6.22. The van der Waals surface area contributed by atoms with Crippen molar-refractivity contribution in [3.8, 4) is 5.75 Å². The highest BCUT2D eigenvalue weighted by molar-refractivity contribution is 6.31. The third kappa shape index (κ3) is 6.11. The lowest BCUT2D eigenvalue weighted by Gasteiger charge is -2.22. The van der Waals surface area contributed by atoms with Gasteiger partial charge in [0.2, 0.25) is 0 Å². The van der Waals surface area contributed by atoms with E-state index in [2.05, 4.69) is 43.1 Å². The first kappa shape index (κ1) is 26.2. The Morgan fingerprint density at radius 2 is 1.80 bits per heavy atom. The molecule has 3 rings (SSSR count). The van der Waals surface area contributed by atoms with E-state index in [0.717, 1.165) is 59.3 Å². The molecule has 1 atom stereocenters. The van der Waals surface area contributed by atoms with Crippen LogP contribution in [0.5, 0.6) is 5.75 Å². The Bertz CT molecular complexity index is 949. The van der Waals surface area contributed by atoms with Crippen LogP contribution in [0.3, 0.4) is 0 Å². The van der Waals surface area contributed by atoms with Crippen LogP contribution < -0.4 is 10.1 Å². The largest absolute Gasteiger partial charge is 0.497 e. The maximum absolute atomic E-state index is 6.22. The number of methoxy groups -OCH3 is 1. The molecule has 1 heterocycles. The summed E-state index contributed by atoms with van der Waals surface area (Å²) in [6, 6.07) is 12.3. The molecule has 0 aliphatic heterocycles. The highest BCUT2D eigenvalue weighted by atomic mass is 35.5. The third-order valence-electron chi connectivity index (χ3n) is 5.34. The molecular formula is C23H33Cl2N3O2. The van der Waals surface area contributed by atoms with Gasteiger partial charge in [0, 0.05) is 21.8 Å². The van der Waals surface area contributed by atoms with Gasteiger partial charge in [-0.2, -0.15) is 0 Å². The van der Waals surface area contributed by atoms with Gasteiger partial charge in [-0.25, -0.2) is 4.98 Å². The summed E-state index contributed by atoms with van der Waals surface area (Å²) in [5, 5.41) is 6.61. The highest BCUT2D eigenvalue weighted by Crippen LogP contribution is 2.34. The van der Waals surface area contributed by atoms with E-state index in [9.17, 15) is 0 Å².